The van der Waals surface area contributed by atoms with Gasteiger partial charge in [-0.05, 0) is 25.0 Å². The molecule has 1 saturated heterocycles. The monoisotopic (exact) mass is 303 g/mol. The number of aromatic nitrogens is 2. The first-order valence-corrected chi connectivity index (χ1v) is 7.57. The van der Waals surface area contributed by atoms with Crippen molar-refractivity contribution in [1.29, 1.82) is 0 Å². The predicted molar refractivity (Wildman–Crippen MR) is 84.9 cm³/mol. The van der Waals surface area contributed by atoms with Crippen molar-refractivity contribution in [2.75, 3.05) is 25.1 Å². The summed E-state index contributed by atoms with van der Waals surface area (Å²) in [7, 11) is 0. The lowest BCUT2D eigenvalue weighted by molar-refractivity contribution is -0.153. The predicted octanol–water partition coefficient (Wildman–Crippen LogP) is 2.12. The first-order valence-electron chi connectivity index (χ1n) is 7.57. The number of anilines is 1. The number of hydrogen-bond acceptors (Lipinski definition) is 5. The normalized spacial score (nSPS) is 18.5. The topological polar surface area (TPSA) is 76.2 Å². The second kappa shape index (κ2) is 6.06. The molecule has 2 heterocycles. The molecular formula is C16H21N3O3. The smallest absolute Gasteiger partial charge is 0.260 e. The van der Waals surface area contributed by atoms with E-state index in [0.717, 1.165) is 6.42 Å². The first kappa shape index (κ1) is 15.0. The van der Waals surface area contributed by atoms with Gasteiger partial charge in [0.1, 0.15) is 0 Å². The molecule has 1 fully saturated rings. The van der Waals surface area contributed by atoms with E-state index in [1.807, 2.05) is 25.1 Å². The summed E-state index contributed by atoms with van der Waals surface area (Å²) in [6.07, 6.45) is 0.789. The molecule has 1 aromatic carbocycles. The van der Waals surface area contributed by atoms with Crippen LogP contribution in [0.4, 0.5) is 5.95 Å². The van der Waals surface area contributed by atoms with Gasteiger partial charge in [0.15, 0.2) is 5.79 Å². The molecule has 3 rings (SSSR count). The molecule has 0 radical (unpaired) electrons. The van der Waals surface area contributed by atoms with Gasteiger partial charge in [0, 0.05) is 13.0 Å². The molecule has 0 aliphatic carbocycles. The lowest BCUT2D eigenvalue weighted by Crippen LogP contribution is -2.30. The van der Waals surface area contributed by atoms with Crippen LogP contribution in [-0.2, 0) is 9.47 Å². The van der Waals surface area contributed by atoms with Gasteiger partial charge in [-0.15, -0.1) is 0 Å². The molecule has 0 saturated carbocycles. The largest absolute Gasteiger partial charge is 0.355 e. The zero-order chi connectivity index (χ0) is 15.6. The number of aromatic amines is 1. The molecular weight excluding hydrogens is 282 g/mol. The number of hydrogen-bond donors (Lipinski definition) is 2. The number of para-hydroxylation sites is 1. The Morgan fingerprint density at radius 3 is 2.86 bits per heavy atom. The number of ether oxygens (including phenoxy) is 2. The quantitative estimate of drug-likeness (QED) is 0.885. The first-order chi connectivity index (χ1) is 10.6. The van der Waals surface area contributed by atoms with Gasteiger partial charge in [-0.3, -0.25) is 9.78 Å². The van der Waals surface area contributed by atoms with Crippen LogP contribution in [0, 0.1) is 5.92 Å². The number of benzene rings is 1. The van der Waals surface area contributed by atoms with Gasteiger partial charge < -0.3 is 14.8 Å². The summed E-state index contributed by atoms with van der Waals surface area (Å²) in [5.74, 6) is 0.319. The van der Waals surface area contributed by atoms with Crippen LogP contribution < -0.4 is 10.9 Å². The summed E-state index contributed by atoms with van der Waals surface area (Å²) in [5.41, 5.74) is 0.561. The zero-order valence-corrected chi connectivity index (χ0v) is 12.9. The maximum atomic E-state index is 12.0. The van der Waals surface area contributed by atoms with Crippen LogP contribution >= 0.6 is 0 Å². The van der Waals surface area contributed by atoms with Gasteiger partial charge in [0.2, 0.25) is 5.95 Å². The van der Waals surface area contributed by atoms with E-state index in [1.165, 1.54) is 0 Å². The molecule has 118 valence electrons. The Bertz CT molecular complexity index is 707. The lowest BCUT2D eigenvalue weighted by atomic mass is 10.0. The Labute approximate surface area is 128 Å². The van der Waals surface area contributed by atoms with Crippen molar-refractivity contribution in [3.8, 4) is 0 Å². The number of H-pyrrole nitrogens is 1. The number of fused-ring (bicyclic) bond motifs is 1. The second-order valence-corrected chi connectivity index (χ2v) is 5.95. The second-order valence-electron chi connectivity index (χ2n) is 5.95. The third kappa shape index (κ3) is 3.28. The molecule has 1 aromatic heterocycles. The summed E-state index contributed by atoms with van der Waals surface area (Å²) in [4.78, 5) is 19.2. The molecule has 0 spiro atoms. The van der Waals surface area contributed by atoms with Crippen molar-refractivity contribution >= 4 is 16.9 Å². The maximum absolute atomic E-state index is 12.0. The average Bonchev–Trinajstić information content (AvgIpc) is 2.91. The number of nitrogens with one attached hydrogen (secondary N) is 2. The Hall–Kier alpha value is -1.92. The average molecular weight is 303 g/mol. The van der Waals surface area contributed by atoms with E-state index in [4.69, 9.17) is 9.47 Å². The minimum atomic E-state index is -0.495. The SMILES string of the molecule is CC(CNc1nc2ccccc2c(=O)[nH]1)CC1(C)OCCO1. The summed E-state index contributed by atoms with van der Waals surface area (Å²) in [6, 6.07) is 7.30. The van der Waals surface area contributed by atoms with E-state index in [2.05, 4.69) is 22.2 Å². The van der Waals surface area contributed by atoms with E-state index in [1.54, 1.807) is 6.07 Å². The van der Waals surface area contributed by atoms with Gasteiger partial charge in [0.25, 0.3) is 5.56 Å². The summed E-state index contributed by atoms with van der Waals surface area (Å²) in [5, 5.41) is 3.79. The fraction of sp³-hybridized carbons (Fsp3) is 0.500. The van der Waals surface area contributed by atoms with Gasteiger partial charge in [-0.2, -0.15) is 0 Å². The summed E-state index contributed by atoms with van der Waals surface area (Å²) < 4.78 is 11.2. The van der Waals surface area contributed by atoms with E-state index >= 15 is 0 Å². The fourth-order valence-electron chi connectivity index (χ4n) is 2.82. The third-order valence-electron chi connectivity index (χ3n) is 3.85. The molecule has 1 aliphatic heterocycles. The van der Waals surface area contributed by atoms with Gasteiger partial charge >= 0.3 is 0 Å². The number of rotatable bonds is 5. The Morgan fingerprint density at radius 1 is 1.36 bits per heavy atom. The van der Waals surface area contributed by atoms with Gasteiger partial charge in [0.05, 0.1) is 24.1 Å². The maximum Gasteiger partial charge on any atom is 0.260 e. The zero-order valence-electron chi connectivity index (χ0n) is 12.9. The van der Waals surface area contributed by atoms with E-state index < -0.39 is 5.79 Å². The van der Waals surface area contributed by atoms with Crippen molar-refractivity contribution in [2.24, 2.45) is 5.92 Å². The van der Waals surface area contributed by atoms with Crippen molar-refractivity contribution in [1.82, 2.24) is 9.97 Å². The molecule has 2 N–H and O–H groups in total. The van der Waals surface area contributed by atoms with E-state index in [9.17, 15) is 4.79 Å². The highest BCUT2D eigenvalue weighted by atomic mass is 16.7. The fourth-order valence-corrected chi connectivity index (χ4v) is 2.82. The molecule has 0 bridgehead atoms. The summed E-state index contributed by atoms with van der Waals surface area (Å²) >= 11 is 0. The van der Waals surface area contributed by atoms with E-state index in [-0.39, 0.29) is 5.56 Å². The van der Waals surface area contributed by atoms with Crippen molar-refractivity contribution in [3.05, 3.63) is 34.6 Å². The molecule has 1 atom stereocenters. The van der Waals surface area contributed by atoms with Crippen LogP contribution in [0.2, 0.25) is 0 Å². The van der Waals surface area contributed by atoms with E-state index in [0.29, 0.717) is 42.5 Å². The van der Waals surface area contributed by atoms with Crippen LogP contribution in [0.15, 0.2) is 29.1 Å². The Kier molecular flexibility index (Phi) is 4.13. The molecule has 1 aliphatic rings. The Balaban J connectivity index is 1.65. The highest BCUT2D eigenvalue weighted by molar-refractivity contribution is 5.78. The molecule has 0 amide bonds. The van der Waals surface area contributed by atoms with Crippen LogP contribution in [0.5, 0.6) is 0 Å². The highest BCUT2D eigenvalue weighted by Gasteiger charge is 2.32. The highest BCUT2D eigenvalue weighted by Crippen LogP contribution is 2.26. The summed E-state index contributed by atoms with van der Waals surface area (Å²) in [6.45, 7) is 6.06. The Morgan fingerprint density at radius 2 is 2.09 bits per heavy atom. The number of nitrogens with zero attached hydrogens (tertiary/aromatic N) is 1. The van der Waals surface area contributed by atoms with Crippen LogP contribution in [-0.4, -0.2) is 35.5 Å². The van der Waals surface area contributed by atoms with Gasteiger partial charge in [-0.1, -0.05) is 19.1 Å². The molecule has 6 heteroatoms. The lowest BCUT2D eigenvalue weighted by Gasteiger charge is -2.26. The van der Waals surface area contributed by atoms with Crippen LogP contribution in [0.1, 0.15) is 20.3 Å². The van der Waals surface area contributed by atoms with Gasteiger partial charge in [-0.25, -0.2) is 4.98 Å². The molecule has 1 unspecified atom stereocenters. The minimum absolute atomic E-state index is 0.129. The van der Waals surface area contributed by atoms with Crippen LogP contribution in [0.25, 0.3) is 10.9 Å². The minimum Gasteiger partial charge on any atom is -0.355 e. The molecule has 22 heavy (non-hydrogen) atoms. The standard InChI is InChI=1S/C16H21N3O3/c1-11(9-16(2)21-7-8-22-16)10-17-15-18-13-6-4-3-5-12(13)14(20)19-15/h3-6,11H,7-10H2,1-2H3,(H2,17,18,19,20). The third-order valence-corrected chi connectivity index (χ3v) is 3.85. The van der Waals surface area contributed by atoms with Crippen LogP contribution in [0.3, 0.4) is 0 Å². The van der Waals surface area contributed by atoms with Crippen molar-refractivity contribution in [3.63, 3.8) is 0 Å². The molecule has 2 aromatic rings. The van der Waals surface area contributed by atoms with Crippen molar-refractivity contribution < 1.29 is 9.47 Å². The molecule has 6 nitrogen and oxygen atoms in total. The van der Waals surface area contributed by atoms with Crippen molar-refractivity contribution in [2.45, 2.75) is 26.1 Å².